The Morgan fingerprint density at radius 1 is 0.714 bits per heavy atom. The molecule has 6 nitrogen and oxygen atoms in total. The maximum atomic E-state index is 7.06. The van der Waals surface area contributed by atoms with Crippen LogP contribution in [-0.2, 0) is 36.6 Å². The maximum absolute atomic E-state index is 7.06. The van der Waals surface area contributed by atoms with Crippen LogP contribution < -0.4 is 4.90 Å². The molecule has 0 bridgehead atoms. The van der Waals surface area contributed by atoms with Crippen molar-refractivity contribution in [2.24, 2.45) is 10.9 Å². The van der Waals surface area contributed by atoms with E-state index in [9.17, 15) is 0 Å². The summed E-state index contributed by atoms with van der Waals surface area (Å²) in [5.74, 6) is 1.99. The average molecular weight is 1010 g/mol. The van der Waals surface area contributed by atoms with Gasteiger partial charge in [0.05, 0.1) is 11.7 Å². The fraction of sp³-hybridized carbons (Fsp3) is 0.268. The van der Waals surface area contributed by atoms with E-state index >= 15 is 0 Å². The van der Waals surface area contributed by atoms with Crippen molar-refractivity contribution in [3.63, 3.8) is 0 Å². The molecule has 5 aromatic carbocycles. The van der Waals surface area contributed by atoms with Crippen molar-refractivity contribution in [1.29, 1.82) is 0 Å². The SMILES string of the molecule is CC(C)(C)c1ccnc(-n2c3[c-]c4c(cc3c3ccccc32)C(C)(C)c2ccccc2N4c2[c-]c(C3=N[C@H](C4CCCCC4)[C@@H](c4ccccc4)O3)cc(-c3ccccn3)c2)c1.[Pt+2]. The Bertz CT molecular complexity index is 3010. The number of benzene rings is 5. The predicted octanol–water partition coefficient (Wildman–Crippen LogP) is 13.7. The Labute approximate surface area is 385 Å². The molecule has 316 valence electrons. The molecule has 7 heteroatoms. The Morgan fingerprint density at radius 2 is 1.48 bits per heavy atom. The molecule has 1 aliphatic carbocycles. The quantitative estimate of drug-likeness (QED) is 0.156. The van der Waals surface area contributed by atoms with E-state index in [0.29, 0.717) is 11.8 Å². The van der Waals surface area contributed by atoms with E-state index in [-0.39, 0.29) is 44.0 Å². The van der Waals surface area contributed by atoms with Crippen LogP contribution in [0.15, 0.2) is 145 Å². The molecule has 5 heterocycles. The maximum Gasteiger partial charge on any atom is 2.00 e. The van der Waals surface area contributed by atoms with Crippen LogP contribution in [0.1, 0.15) is 101 Å². The van der Waals surface area contributed by atoms with Gasteiger partial charge in [-0.15, -0.1) is 35.2 Å². The van der Waals surface area contributed by atoms with Crippen LogP contribution in [0, 0.1) is 18.1 Å². The number of hydrogen-bond acceptors (Lipinski definition) is 5. The van der Waals surface area contributed by atoms with Crippen LogP contribution in [0.2, 0.25) is 0 Å². The Balaban J connectivity index is 0.00000471. The van der Waals surface area contributed by atoms with E-state index in [0.717, 1.165) is 56.1 Å². The molecule has 8 aromatic rings. The molecule has 11 rings (SSSR count). The van der Waals surface area contributed by atoms with Crippen molar-refractivity contribution in [2.45, 2.75) is 89.7 Å². The molecule has 2 aliphatic heterocycles. The predicted molar refractivity (Wildman–Crippen MR) is 252 cm³/mol. The van der Waals surface area contributed by atoms with Gasteiger partial charge in [-0.1, -0.05) is 149 Å². The number of rotatable bonds is 6. The molecule has 0 unspecified atom stereocenters. The van der Waals surface area contributed by atoms with Gasteiger partial charge < -0.3 is 14.2 Å². The summed E-state index contributed by atoms with van der Waals surface area (Å²) in [7, 11) is 0. The van der Waals surface area contributed by atoms with E-state index in [1.54, 1.807) is 0 Å². The van der Waals surface area contributed by atoms with Crippen LogP contribution in [0.3, 0.4) is 0 Å². The van der Waals surface area contributed by atoms with Gasteiger partial charge in [0, 0.05) is 23.6 Å². The zero-order valence-electron chi connectivity index (χ0n) is 36.5. The number of aromatic nitrogens is 3. The Hall–Kier alpha value is -5.84. The third kappa shape index (κ3) is 7.11. The molecule has 1 fully saturated rings. The second-order valence-electron chi connectivity index (χ2n) is 18.9. The van der Waals surface area contributed by atoms with Crippen molar-refractivity contribution in [3.8, 4) is 17.1 Å². The van der Waals surface area contributed by atoms with Gasteiger partial charge >= 0.3 is 21.1 Å². The molecule has 0 saturated heterocycles. The number of fused-ring (bicyclic) bond motifs is 5. The van der Waals surface area contributed by atoms with Crippen LogP contribution in [-0.4, -0.2) is 26.5 Å². The van der Waals surface area contributed by atoms with Gasteiger partial charge in [0.2, 0.25) is 0 Å². The van der Waals surface area contributed by atoms with Crippen molar-refractivity contribution >= 4 is 44.8 Å². The van der Waals surface area contributed by atoms with Crippen LogP contribution >= 0.6 is 0 Å². The molecule has 0 amide bonds. The first-order valence-electron chi connectivity index (χ1n) is 22.3. The third-order valence-electron chi connectivity index (χ3n) is 13.6. The summed E-state index contributed by atoms with van der Waals surface area (Å²) >= 11 is 0. The molecule has 3 aliphatic rings. The van der Waals surface area contributed by atoms with E-state index in [1.807, 2.05) is 24.5 Å². The zero-order valence-corrected chi connectivity index (χ0v) is 38.8. The molecular weight excluding hydrogens is 954 g/mol. The van der Waals surface area contributed by atoms with Gasteiger partial charge in [0.15, 0.2) is 0 Å². The number of pyridine rings is 2. The zero-order chi connectivity index (χ0) is 42.2. The van der Waals surface area contributed by atoms with Crippen molar-refractivity contribution in [3.05, 3.63) is 180 Å². The summed E-state index contributed by atoms with van der Waals surface area (Å²) in [6.45, 7) is 11.4. The second kappa shape index (κ2) is 16.1. The van der Waals surface area contributed by atoms with E-state index in [2.05, 4.69) is 171 Å². The van der Waals surface area contributed by atoms with E-state index in [1.165, 1.54) is 59.7 Å². The number of aliphatic imine (C=N–C) groups is 1. The Morgan fingerprint density at radius 3 is 2.27 bits per heavy atom. The van der Waals surface area contributed by atoms with Crippen molar-refractivity contribution in [2.75, 3.05) is 4.90 Å². The van der Waals surface area contributed by atoms with Gasteiger partial charge in [0.25, 0.3) is 0 Å². The largest absolute Gasteiger partial charge is 2.00 e. The first-order valence-corrected chi connectivity index (χ1v) is 22.3. The van der Waals surface area contributed by atoms with Crippen LogP contribution in [0.4, 0.5) is 17.1 Å². The fourth-order valence-electron chi connectivity index (χ4n) is 10.3. The number of para-hydroxylation sites is 2. The minimum absolute atomic E-state index is 0. The minimum Gasteiger partial charge on any atom is -0.510 e. The second-order valence-corrected chi connectivity index (χ2v) is 18.9. The minimum atomic E-state index is -0.336. The summed E-state index contributed by atoms with van der Waals surface area (Å²) in [6, 6.07) is 53.4. The first-order chi connectivity index (χ1) is 30.1. The van der Waals surface area contributed by atoms with E-state index in [4.69, 9.17) is 19.7 Å². The van der Waals surface area contributed by atoms with Gasteiger partial charge in [0.1, 0.15) is 17.8 Å². The Kier molecular flexibility index (Phi) is 10.5. The summed E-state index contributed by atoms with van der Waals surface area (Å²) in [5, 5.41) is 2.32. The topological polar surface area (TPSA) is 55.5 Å². The van der Waals surface area contributed by atoms with Crippen molar-refractivity contribution < 1.29 is 25.8 Å². The van der Waals surface area contributed by atoms with Gasteiger partial charge in [-0.25, -0.2) is 4.98 Å². The molecule has 0 spiro atoms. The molecule has 0 radical (unpaired) electrons. The average Bonchev–Trinajstić information content (AvgIpc) is 3.90. The van der Waals surface area contributed by atoms with Gasteiger partial charge in [-0.3, -0.25) is 9.98 Å². The normalized spacial score (nSPS) is 18.4. The summed E-state index contributed by atoms with van der Waals surface area (Å²) in [5.41, 5.74) is 12.1. The fourth-order valence-corrected chi connectivity index (χ4v) is 10.3. The number of hydrogen-bond donors (Lipinski definition) is 0. The standard InChI is InChI=1S/C56H51N5O.Pt/c1-55(2,3)40-27-29-58-51(33-40)61-47-25-14-12-22-42(47)43-34-45-50(35-49(43)61)60(48-26-15-13-23-44(48)56(45,4)5)41-31-38(46-24-16-17-28-57-46)30-39(32-41)54-59-52(36-18-8-6-9-19-36)53(62-54)37-20-10-7-11-21-37;/h7,10-17,20-31,33-34,36,52-53H,6,8-9,18-19H2,1-5H3;/q-2;+2/t52-,53-;/m1./s1. The summed E-state index contributed by atoms with van der Waals surface area (Å²) in [4.78, 5) is 17.7. The third-order valence-corrected chi connectivity index (χ3v) is 13.6. The number of nitrogens with zero attached hydrogens (tertiary/aromatic N) is 5. The van der Waals surface area contributed by atoms with Crippen molar-refractivity contribution in [1.82, 2.24) is 14.5 Å². The number of ether oxygens (including phenoxy) is 1. The van der Waals surface area contributed by atoms with E-state index < -0.39 is 0 Å². The van der Waals surface area contributed by atoms with Gasteiger partial charge in [-0.2, -0.15) is 6.07 Å². The smallest absolute Gasteiger partial charge is 0.510 e. The summed E-state index contributed by atoms with van der Waals surface area (Å²) < 4.78 is 9.35. The molecule has 0 N–H and O–H groups in total. The van der Waals surface area contributed by atoms with Gasteiger partial charge in [-0.05, 0) is 93.8 Å². The first kappa shape index (κ1) is 41.2. The molecule has 1 saturated carbocycles. The van der Waals surface area contributed by atoms with Crippen LogP contribution in [0.25, 0.3) is 38.9 Å². The number of anilines is 3. The molecule has 3 aromatic heterocycles. The molecule has 2 atom stereocenters. The summed E-state index contributed by atoms with van der Waals surface area (Å²) in [6.07, 6.45) is 9.76. The monoisotopic (exact) mass is 1000 g/mol. The molecule has 63 heavy (non-hydrogen) atoms. The molecular formula is C56H51N5OPt. The van der Waals surface area contributed by atoms with Crippen LogP contribution in [0.5, 0.6) is 0 Å².